The number of alkyl halides is 3. The van der Waals surface area contributed by atoms with Gasteiger partial charge in [0.05, 0.1) is 35.8 Å². The molecule has 2 N–H and O–H groups in total. The Bertz CT molecular complexity index is 1030. The molecule has 0 spiro atoms. The van der Waals surface area contributed by atoms with Crippen LogP contribution in [-0.2, 0) is 11.3 Å². The highest BCUT2D eigenvalue weighted by atomic mass is 19.3. The van der Waals surface area contributed by atoms with Crippen molar-refractivity contribution < 1.29 is 18.0 Å². The molecular weight excluding hydrogens is 373 g/mol. The molecule has 148 valence electrons. The predicted octanol–water partition coefficient (Wildman–Crippen LogP) is 3.55. The summed E-state index contributed by atoms with van der Waals surface area (Å²) < 4.78 is 43.5. The zero-order valence-electron chi connectivity index (χ0n) is 15.3. The van der Waals surface area contributed by atoms with Crippen molar-refractivity contribution in [2.75, 3.05) is 5.32 Å². The number of fused-ring (bicyclic) bond motifs is 1. The number of hydrogen-bond donors (Lipinski definition) is 2. The van der Waals surface area contributed by atoms with E-state index >= 15 is 0 Å². The van der Waals surface area contributed by atoms with Crippen molar-refractivity contribution in [3.8, 4) is 11.4 Å². The second kappa shape index (κ2) is 6.32. The number of pyridine rings is 1. The molecule has 1 saturated carbocycles. The molecule has 0 bridgehead atoms. The number of H-pyrrole nitrogens is 1. The van der Waals surface area contributed by atoms with Gasteiger partial charge in [0.1, 0.15) is 11.4 Å². The Morgan fingerprint density at radius 2 is 2.04 bits per heavy atom. The molecular formula is C18H19F3N6O. The third kappa shape index (κ3) is 3.46. The van der Waals surface area contributed by atoms with Crippen molar-refractivity contribution in [1.29, 1.82) is 0 Å². The quantitative estimate of drug-likeness (QED) is 0.671. The highest BCUT2D eigenvalue weighted by Crippen LogP contribution is 2.44. The molecule has 3 aromatic heterocycles. The number of aromatic nitrogens is 5. The Morgan fingerprint density at radius 1 is 1.29 bits per heavy atom. The lowest BCUT2D eigenvalue weighted by Gasteiger charge is -2.15. The van der Waals surface area contributed by atoms with Crippen molar-refractivity contribution >= 4 is 22.5 Å². The maximum Gasteiger partial charge on any atom is 0.327 e. The summed E-state index contributed by atoms with van der Waals surface area (Å²) in [6.07, 6.45) is 5.05. The molecule has 0 aliphatic heterocycles. The standard InChI is InChI=1S/C18H19F3N6O/c1-17(2,19)9-27-14-5-12(22-6-10(14)7-24-27)15-13(8-23-26-15)25-16(28)18(20,21)11-3-4-11/h5-8,11H,3-4,9H2,1-2H3,(H,23,26)(H,25,28). The Morgan fingerprint density at radius 3 is 2.71 bits per heavy atom. The number of nitrogens with zero attached hydrogens (tertiary/aromatic N) is 4. The van der Waals surface area contributed by atoms with Crippen LogP contribution in [0, 0.1) is 5.92 Å². The molecule has 0 radical (unpaired) electrons. The fraction of sp³-hybridized carbons (Fsp3) is 0.444. The summed E-state index contributed by atoms with van der Waals surface area (Å²) in [5, 5.41) is 13.6. The van der Waals surface area contributed by atoms with Crippen LogP contribution in [0.2, 0.25) is 0 Å². The van der Waals surface area contributed by atoms with E-state index in [4.69, 9.17) is 0 Å². The van der Waals surface area contributed by atoms with E-state index in [-0.39, 0.29) is 17.9 Å². The highest BCUT2D eigenvalue weighted by Gasteiger charge is 2.52. The monoisotopic (exact) mass is 392 g/mol. The van der Waals surface area contributed by atoms with Crippen molar-refractivity contribution in [3.05, 3.63) is 24.7 Å². The van der Waals surface area contributed by atoms with Crippen LogP contribution < -0.4 is 5.32 Å². The molecule has 28 heavy (non-hydrogen) atoms. The minimum Gasteiger partial charge on any atom is -0.318 e. The molecule has 0 saturated heterocycles. The smallest absolute Gasteiger partial charge is 0.318 e. The topological polar surface area (TPSA) is 88.5 Å². The van der Waals surface area contributed by atoms with E-state index in [2.05, 4.69) is 25.6 Å². The third-order valence-corrected chi connectivity index (χ3v) is 4.59. The third-order valence-electron chi connectivity index (χ3n) is 4.59. The molecule has 1 aliphatic carbocycles. The van der Waals surface area contributed by atoms with E-state index in [0.29, 0.717) is 29.4 Å². The molecule has 10 heteroatoms. The zero-order chi connectivity index (χ0) is 20.1. The number of nitrogens with one attached hydrogen (secondary N) is 2. The van der Waals surface area contributed by atoms with Crippen LogP contribution in [0.5, 0.6) is 0 Å². The lowest BCUT2D eigenvalue weighted by molar-refractivity contribution is -0.142. The first kappa shape index (κ1) is 18.5. The number of rotatable bonds is 6. The van der Waals surface area contributed by atoms with Crippen LogP contribution >= 0.6 is 0 Å². The number of carbonyl (C=O) groups is 1. The van der Waals surface area contributed by atoms with Crippen LogP contribution in [0.15, 0.2) is 24.7 Å². The van der Waals surface area contributed by atoms with Gasteiger partial charge in [-0.15, -0.1) is 0 Å². The number of carbonyl (C=O) groups excluding carboxylic acids is 1. The maximum atomic E-state index is 14.0. The van der Waals surface area contributed by atoms with Crippen molar-refractivity contribution in [2.24, 2.45) is 5.92 Å². The second-order valence-corrected chi connectivity index (χ2v) is 7.66. The SMILES string of the molecule is CC(C)(F)Cn1ncc2cnc(-c3[nH]ncc3NC(=O)C(F)(F)C3CC3)cc21. The molecule has 0 aromatic carbocycles. The zero-order valence-corrected chi connectivity index (χ0v) is 15.3. The predicted molar refractivity (Wildman–Crippen MR) is 96.6 cm³/mol. The minimum atomic E-state index is -3.42. The molecule has 1 fully saturated rings. The molecule has 3 heterocycles. The summed E-state index contributed by atoms with van der Waals surface area (Å²) in [4.78, 5) is 16.3. The Hall–Kier alpha value is -2.91. The Labute approximate surface area is 158 Å². The van der Waals surface area contributed by atoms with Gasteiger partial charge in [0.2, 0.25) is 0 Å². The van der Waals surface area contributed by atoms with E-state index in [0.717, 1.165) is 0 Å². The average Bonchev–Trinajstić information content (AvgIpc) is 3.28. The van der Waals surface area contributed by atoms with E-state index in [1.807, 2.05) is 0 Å². The lowest BCUT2D eigenvalue weighted by atomic mass is 10.1. The Balaban J connectivity index is 1.65. The van der Waals surface area contributed by atoms with Crippen LogP contribution in [0.4, 0.5) is 18.9 Å². The van der Waals surface area contributed by atoms with Gasteiger partial charge < -0.3 is 5.32 Å². The van der Waals surface area contributed by atoms with E-state index < -0.39 is 23.4 Å². The van der Waals surface area contributed by atoms with Gasteiger partial charge in [-0.3, -0.25) is 19.6 Å². The van der Waals surface area contributed by atoms with E-state index in [1.54, 1.807) is 18.5 Å². The number of hydrogen-bond acceptors (Lipinski definition) is 4. The fourth-order valence-corrected chi connectivity index (χ4v) is 3.00. The number of amides is 1. The summed E-state index contributed by atoms with van der Waals surface area (Å²) in [5.74, 6) is -5.68. The van der Waals surface area contributed by atoms with Crippen LogP contribution in [0.1, 0.15) is 26.7 Å². The molecule has 3 aromatic rings. The largest absolute Gasteiger partial charge is 0.327 e. The van der Waals surface area contributed by atoms with Gasteiger partial charge in [-0.1, -0.05) is 0 Å². The molecule has 4 rings (SSSR count). The summed E-state index contributed by atoms with van der Waals surface area (Å²) >= 11 is 0. The van der Waals surface area contributed by atoms with Gasteiger partial charge in [-0.2, -0.15) is 19.0 Å². The van der Waals surface area contributed by atoms with Gasteiger partial charge in [-0.05, 0) is 32.8 Å². The number of aromatic amines is 1. The van der Waals surface area contributed by atoms with Gasteiger partial charge >= 0.3 is 5.92 Å². The highest BCUT2D eigenvalue weighted by molar-refractivity contribution is 5.99. The van der Waals surface area contributed by atoms with E-state index in [1.165, 1.54) is 24.7 Å². The molecule has 1 aliphatic rings. The lowest BCUT2D eigenvalue weighted by Crippen LogP contribution is -2.36. The average molecular weight is 392 g/mol. The van der Waals surface area contributed by atoms with Gasteiger partial charge in [0.25, 0.3) is 5.91 Å². The molecule has 0 atom stereocenters. The minimum absolute atomic E-state index is 0.0418. The molecule has 1 amide bonds. The first-order valence-electron chi connectivity index (χ1n) is 8.88. The molecule has 0 unspecified atom stereocenters. The van der Waals surface area contributed by atoms with Crippen LogP contribution in [-0.4, -0.2) is 42.5 Å². The van der Waals surface area contributed by atoms with Crippen molar-refractivity contribution in [1.82, 2.24) is 25.0 Å². The normalized spacial score (nSPS) is 15.2. The van der Waals surface area contributed by atoms with Crippen molar-refractivity contribution in [3.63, 3.8) is 0 Å². The van der Waals surface area contributed by atoms with E-state index in [9.17, 15) is 18.0 Å². The van der Waals surface area contributed by atoms with Gasteiger partial charge in [-0.25, -0.2) is 4.39 Å². The summed E-state index contributed by atoms with van der Waals surface area (Å²) in [6, 6.07) is 1.65. The summed E-state index contributed by atoms with van der Waals surface area (Å²) in [5.41, 5.74) is -0.0771. The summed E-state index contributed by atoms with van der Waals surface area (Å²) in [6.45, 7) is 2.94. The molecule has 7 nitrogen and oxygen atoms in total. The van der Waals surface area contributed by atoms with Crippen molar-refractivity contribution in [2.45, 2.75) is 44.8 Å². The Kier molecular flexibility index (Phi) is 4.16. The van der Waals surface area contributed by atoms with Crippen LogP contribution in [0.3, 0.4) is 0 Å². The van der Waals surface area contributed by atoms with Gasteiger partial charge in [0.15, 0.2) is 0 Å². The maximum absolute atomic E-state index is 14.0. The van der Waals surface area contributed by atoms with Crippen LogP contribution in [0.25, 0.3) is 22.3 Å². The summed E-state index contributed by atoms with van der Waals surface area (Å²) in [7, 11) is 0. The fourth-order valence-electron chi connectivity index (χ4n) is 3.00. The first-order chi connectivity index (χ1) is 13.1. The first-order valence-corrected chi connectivity index (χ1v) is 8.88. The number of halogens is 3. The van der Waals surface area contributed by atoms with Gasteiger partial charge in [0, 0.05) is 17.5 Å². The number of anilines is 1. The second-order valence-electron chi connectivity index (χ2n) is 7.66.